The van der Waals surface area contributed by atoms with Gasteiger partial charge in [-0.25, -0.2) is 0 Å². The minimum atomic E-state index is 0.191. The van der Waals surface area contributed by atoms with Gasteiger partial charge in [0.2, 0.25) is 0 Å². The van der Waals surface area contributed by atoms with E-state index in [9.17, 15) is 0 Å². The zero-order valence-electron chi connectivity index (χ0n) is 9.92. The van der Waals surface area contributed by atoms with Crippen molar-refractivity contribution in [3.05, 3.63) is 29.3 Å². The van der Waals surface area contributed by atoms with Crippen molar-refractivity contribution in [2.75, 3.05) is 13.7 Å². The van der Waals surface area contributed by atoms with Crippen molar-refractivity contribution < 1.29 is 4.74 Å². The minimum absolute atomic E-state index is 0.191. The molecule has 0 aromatic heterocycles. The van der Waals surface area contributed by atoms with E-state index in [0.717, 1.165) is 12.3 Å². The molecule has 2 nitrogen and oxygen atoms in total. The Balaban J connectivity index is 2.53. The molecule has 1 aromatic carbocycles. The molecule has 0 radical (unpaired) electrons. The van der Waals surface area contributed by atoms with Gasteiger partial charge in [0.05, 0.1) is 7.11 Å². The Hall–Kier alpha value is -1.02. The molecule has 0 bridgehead atoms. The lowest BCUT2D eigenvalue weighted by Crippen LogP contribution is -2.40. The zero-order valence-corrected chi connectivity index (χ0v) is 9.92. The highest BCUT2D eigenvalue weighted by molar-refractivity contribution is 5.43. The van der Waals surface area contributed by atoms with E-state index < -0.39 is 0 Å². The first kappa shape index (κ1) is 10.5. The molecule has 0 spiro atoms. The van der Waals surface area contributed by atoms with E-state index in [1.54, 1.807) is 7.11 Å². The van der Waals surface area contributed by atoms with Gasteiger partial charge < -0.3 is 10.1 Å². The van der Waals surface area contributed by atoms with Crippen LogP contribution in [0.3, 0.4) is 0 Å². The Morgan fingerprint density at radius 2 is 2.13 bits per heavy atom. The summed E-state index contributed by atoms with van der Waals surface area (Å²) in [7, 11) is 1.72. The Morgan fingerprint density at radius 1 is 1.40 bits per heavy atom. The van der Waals surface area contributed by atoms with Gasteiger partial charge in [-0.05, 0) is 30.2 Å². The van der Waals surface area contributed by atoms with Crippen LogP contribution in [0.25, 0.3) is 0 Å². The first-order valence-corrected chi connectivity index (χ1v) is 5.46. The van der Waals surface area contributed by atoms with Gasteiger partial charge in [0.25, 0.3) is 0 Å². The van der Waals surface area contributed by atoms with Crippen LogP contribution in [-0.4, -0.2) is 13.7 Å². The molecule has 82 valence electrons. The number of hydrogen-bond acceptors (Lipinski definition) is 2. The Kier molecular flexibility index (Phi) is 2.47. The number of hydrogen-bond donors (Lipinski definition) is 1. The summed E-state index contributed by atoms with van der Waals surface area (Å²) in [5.41, 5.74) is 3.00. The second-order valence-corrected chi connectivity index (χ2v) is 4.94. The maximum Gasteiger partial charge on any atom is 0.119 e. The lowest BCUT2D eigenvalue weighted by molar-refractivity contribution is 0.384. The minimum Gasteiger partial charge on any atom is -0.497 e. The summed E-state index contributed by atoms with van der Waals surface area (Å²) in [5, 5.41) is 3.53. The molecule has 1 atom stereocenters. The molecule has 0 saturated heterocycles. The van der Waals surface area contributed by atoms with E-state index in [0.29, 0.717) is 6.04 Å². The van der Waals surface area contributed by atoms with Crippen molar-refractivity contribution in [2.24, 2.45) is 0 Å². The molecule has 0 aliphatic carbocycles. The smallest absolute Gasteiger partial charge is 0.119 e. The van der Waals surface area contributed by atoms with Crippen molar-refractivity contribution in [3.8, 4) is 5.75 Å². The summed E-state index contributed by atoms with van der Waals surface area (Å²) in [4.78, 5) is 0. The van der Waals surface area contributed by atoms with Crippen LogP contribution in [0.2, 0.25) is 0 Å². The van der Waals surface area contributed by atoms with Gasteiger partial charge in [0.1, 0.15) is 5.75 Å². The van der Waals surface area contributed by atoms with Gasteiger partial charge in [0, 0.05) is 18.0 Å². The van der Waals surface area contributed by atoms with Crippen molar-refractivity contribution in [1.82, 2.24) is 5.32 Å². The highest BCUT2D eigenvalue weighted by Gasteiger charge is 2.30. The standard InChI is InChI=1S/C13H19NO/c1-9-11-6-5-10(15-4)7-12(11)13(2,3)8-14-9/h5-7,9,14H,8H2,1-4H3. The third kappa shape index (κ3) is 1.74. The largest absolute Gasteiger partial charge is 0.497 e. The molecule has 0 saturated carbocycles. The molecular formula is C13H19NO. The number of rotatable bonds is 1. The average molecular weight is 205 g/mol. The van der Waals surface area contributed by atoms with Crippen LogP contribution in [-0.2, 0) is 5.41 Å². The number of nitrogens with one attached hydrogen (secondary N) is 1. The van der Waals surface area contributed by atoms with Crippen LogP contribution in [0.1, 0.15) is 37.9 Å². The molecule has 15 heavy (non-hydrogen) atoms. The predicted molar refractivity (Wildman–Crippen MR) is 62.4 cm³/mol. The second-order valence-electron chi connectivity index (χ2n) is 4.94. The zero-order chi connectivity index (χ0) is 11.1. The average Bonchev–Trinajstić information content (AvgIpc) is 2.24. The van der Waals surface area contributed by atoms with Gasteiger partial charge in [-0.15, -0.1) is 0 Å². The second kappa shape index (κ2) is 3.53. The molecule has 1 aliphatic rings. The fourth-order valence-electron chi connectivity index (χ4n) is 2.24. The van der Waals surface area contributed by atoms with E-state index in [-0.39, 0.29) is 5.41 Å². The van der Waals surface area contributed by atoms with E-state index in [2.05, 4.69) is 38.2 Å². The summed E-state index contributed by atoms with van der Waals surface area (Å²) in [6.07, 6.45) is 0. The predicted octanol–water partition coefficient (Wildman–Crippen LogP) is 2.64. The van der Waals surface area contributed by atoms with Crippen LogP contribution in [0.15, 0.2) is 18.2 Å². The quantitative estimate of drug-likeness (QED) is 0.761. The van der Waals surface area contributed by atoms with Crippen LogP contribution < -0.4 is 10.1 Å². The normalized spacial score (nSPS) is 23.3. The number of ether oxygens (including phenoxy) is 1. The third-order valence-corrected chi connectivity index (χ3v) is 3.31. The maximum absolute atomic E-state index is 5.29. The Labute approximate surface area is 91.6 Å². The van der Waals surface area contributed by atoms with Crippen molar-refractivity contribution in [3.63, 3.8) is 0 Å². The van der Waals surface area contributed by atoms with E-state index in [1.807, 2.05) is 6.07 Å². The lowest BCUT2D eigenvalue weighted by atomic mass is 9.77. The fourth-order valence-corrected chi connectivity index (χ4v) is 2.24. The van der Waals surface area contributed by atoms with Crippen LogP contribution >= 0.6 is 0 Å². The summed E-state index contributed by atoms with van der Waals surface area (Å²) in [5.74, 6) is 0.955. The van der Waals surface area contributed by atoms with E-state index >= 15 is 0 Å². The number of fused-ring (bicyclic) bond motifs is 1. The molecule has 1 aromatic rings. The fraction of sp³-hybridized carbons (Fsp3) is 0.538. The molecule has 2 rings (SSSR count). The first-order chi connectivity index (χ1) is 7.04. The molecule has 1 unspecified atom stereocenters. The Morgan fingerprint density at radius 3 is 2.80 bits per heavy atom. The molecule has 1 aliphatic heterocycles. The van der Waals surface area contributed by atoms with E-state index in [4.69, 9.17) is 4.74 Å². The van der Waals surface area contributed by atoms with Crippen LogP contribution in [0.4, 0.5) is 0 Å². The van der Waals surface area contributed by atoms with Gasteiger partial charge in [-0.1, -0.05) is 19.9 Å². The van der Waals surface area contributed by atoms with E-state index in [1.165, 1.54) is 11.1 Å². The summed E-state index contributed by atoms with van der Waals surface area (Å²) in [6, 6.07) is 6.83. The molecule has 0 fully saturated rings. The monoisotopic (exact) mass is 205 g/mol. The molecule has 0 amide bonds. The highest BCUT2D eigenvalue weighted by Crippen LogP contribution is 2.36. The first-order valence-electron chi connectivity index (χ1n) is 5.46. The summed E-state index contributed by atoms with van der Waals surface area (Å²) >= 11 is 0. The van der Waals surface area contributed by atoms with Gasteiger partial charge in [-0.3, -0.25) is 0 Å². The van der Waals surface area contributed by atoms with Crippen LogP contribution in [0.5, 0.6) is 5.75 Å². The highest BCUT2D eigenvalue weighted by atomic mass is 16.5. The molecule has 2 heteroatoms. The lowest BCUT2D eigenvalue weighted by Gasteiger charge is -2.37. The molecule has 1 heterocycles. The van der Waals surface area contributed by atoms with Crippen molar-refractivity contribution in [1.29, 1.82) is 0 Å². The number of methoxy groups -OCH3 is 1. The van der Waals surface area contributed by atoms with Gasteiger partial charge in [0.15, 0.2) is 0 Å². The third-order valence-electron chi connectivity index (χ3n) is 3.31. The topological polar surface area (TPSA) is 21.3 Å². The molecular weight excluding hydrogens is 186 g/mol. The SMILES string of the molecule is COc1ccc2c(c1)C(C)(C)CNC2C. The number of benzene rings is 1. The van der Waals surface area contributed by atoms with Gasteiger partial charge in [-0.2, -0.15) is 0 Å². The summed E-state index contributed by atoms with van der Waals surface area (Å²) < 4.78 is 5.29. The van der Waals surface area contributed by atoms with Crippen LogP contribution in [0, 0.1) is 0 Å². The van der Waals surface area contributed by atoms with Crippen molar-refractivity contribution in [2.45, 2.75) is 32.2 Å². The Bertz CT molecular complexity index is 371. The molecule has 1 N–H and O–H groups in total. The summed E-state index contributed by atoms with van der Waals surface area (Å²) in [6.45, 7) is 7.77. The van der Waals surface area contributed by atoms with Crippen molar-refractivity contribution >= 4 is 0 Å². The van der Waals surface area contributed by atoms with Gasteiger partial charge >= 0.3 is 0 Å². The maximum atomic E-state index is 5.29.